The van der Waals surface area contributed by atoms with Gasteiger partial charge in [0.2, 0.25) is 21.8 Å². The lowest BCUT2D eigenvalue weighted by molar-refractivity contribution is -0.140. The molecule has 1 saturated heterocycles. The molecule has 1 fully saturated rings. The third-order valence-electron chi connectivity index (χ3n) is 3.46. The number of primary sulfonamides is 1. The predicted molar refractivity (Wildman–Crippen MR) is 91.0 cm³/mol. The molecule has 0 unspecified atom stereocenters. The number of rotatable bonds is 6. The lowest BCUT2D eigenvalue weighted by Gasteiger charge is -2.33. The highest BCUT2D eigenvalue weighted by molar-refractivity contribution is 7.89. The number of hydrogen-bond donors (Lipinski definition) is 1. The van der Waals surface area contributed by atoms with Gasteiger partial charge < -0.3 is 19.3 Å². The Bertz CT molecular complexity index is 728. The van der Waals surface area contributed by atoms with Gasteiger partial charge in [0.15, 0.2) is 5.15 Å². The highest BCUT2D eigenvalue weighted by Gasteiger charge is 2.25. The first kappa shape index (κ1) is 19.9. The summed E-state index contributed by atoms with van der Waals surface area (Å²) >= 11 is 5.81. The van der Waals surface area contributed by atoms with Gasteiger partial charge in [-0.3, -0.25) is 4.79 Å². The minimum atomic E-state index is -3.94. The summed E-state index contributed by atoms with van der Waals surface area (Å²) in [5.74, 6) is 0.176. The summed E-state index contributed by atoms with van der Waals surface area (Å²) in [6.07, 6.45) is -0.307. The Morgan fingerprint density at radius 2 is 2.24 bits per heavy atom. The number of amides is 1. The van der Waals surface area contributed by atoms with Gasteiger partial charge in [-0.25, -0.2) is 18.5 Å². The monoisotopic (exact) mass is 392 g/mol. The van der Waals surface area contributed by atoms with Crippen LogP contribution in [0, 0.1) is 0 Å². The van der Waals surface area contributed by atoms with Gasteiger partial charge in [-0.1, -0.05) is 11.6 Å². The Morgan fingerprint density at radius 1 is 1.52 bits per heavy atom. The van der Waals surface area contributed by atoms with Crippen molar-refractivity contribution in [1.29, 1.82) is 0 Å². The largest absolute Gasteiger partial charge is 0.475 e. The van der Waals surface area contributed by atoms with Crippen LogP contribution in [0.1, 0.15) is 0 Å². The van der Waals surface area contributed by atoms with E-state index in [-0.39, 0.29) is 34.5 Å². The molecule has 2 heterocycles. The topological polar surface area (TPSA) is 115 Å². The molecule has 0 aliphatic carbocycles. The molecular weight excluding hydrogens is 372 g/mol. The van der Waals surface area contributed by atoms with E-state index in [1.54, 1.807) is 4.90 Å². The normalized spacial score (nSPS) is 18.4. The molecular formula is C14H21ClN4O5S. The Morgan fingerprint density at radius 3 is 2.84 bits per heavy atom. The zero-order valence-corrected chi connectivity index (χ0v) is 15.6. The summed E-state index contributed by atoms with van der Waals surface area (Å²) in [5, 5.41) is 4.77. The number of nitrogens with two attached hydrogens (primary N) is 1. The molecule has 1 aliphatic rings. The second kappa shape index (κ2) is 8.28. The standard InChI is InChI=1S/C14H21ClN4O5S/c1-18(2)8-13(20)19-5-6-23-10(7-19)9-24-12-4-3-11(14(15)17-12)25(16,21)22/h3-4,10H,5-9H2,1-2H3,(H2,16,21,22)/t10-/m1/s1. The van der Waals surface area contributed by atoms with Crippen LogP contribution in [0.3, 0.4) is 0 Å². The van der Waals surface area contributed by atoms with Crippen LogP contribution in [0.5, 0.6) is 5.88 Å². The van der Waals surface area contributed by atoms with Gasteiger partial charge in [-0.05, 0) is 20.2 Å². The lowest BCUT2D eigenvalue weighted by atomic mass is 10.2. The molecule has 140 valence electrons. The van der Waals surface area contributed by atoms with E-state index in [0.29, 0.717) is 26.2 Å². The van der Waals surface area contributed by atoms with E-state index >= 15 is 0 Å². The highest BCUT2D eigenvalue weighted by atomic mass is 35.5. The maximum absolute atomic E-state index is 12.1. The van der Waals surface area contributed by atoms with Crippen LogP contribution >= 0.6 is 11.6 Å². The number of morpholine rings is 1. The average Bonchev–Trinajstić information content (AvgIpc) is 2.51. The summed E-state index contributed by atoms with van der Waals surface area (Å²) in [6.45, 7) is 1.86. The van der Waals surface area contributed by atoms with Crippen LogP contribution in [0.25, 0.3) is 0 Å². The predicted octanol–water partition coefficient (Wildman–Crippen LogP) is -0.450. The second-order valence-corrected chi connectivity index (χ2v) is 7.75. The maximum Gasteiger partial charge on any atom is 0.241 e. The van der Waals surface area contributed by atoms with Crippen molar-refractivity contribution in [1.82, 2.24) is 14.8 Å². The van der Waals surface area contributed by atoms with E-state index in [0.717, 1.165) is 0 Å². The van der Waals surface area contributed by atoms with E-state index in [4.69, 9.17) is 26.2 Å². The zero-order valence-electron chi connectivity index (χ0n) is 14.0. The van der Waals surface area contributed by atoms with Gasteiger partial charge >= 0.3 is 0 Å². The van der Waals surface area contributed by atoms with Crippen molar-refractivity contribution >= 4 is 27.5 Å². The molecule has 1 aromatic rings. The average molecular weight is 393 g/mol. The smallest absolute Gasteiger partial charge is 0.241 e. The summed E-state index contributed by atoms with van der Waals surface area (Å²) in [4.78, 5) is 19.2. The minimum absolute atomic E-state index is 0.0250. The van der Waals surface area contributed by atoms with E-state index in [1.165, 1.54) is 12.1 Å². The third-order valence-corrected chi connectivity index (χ3v) is 4.80. The molecule has 0 aromatic carbocycles. The zero-order chi connectivity index (χ0) is 18.6. The number of hydrogen-bond acceptors (Lipinski definition) is 7. The molecule has 0 saturated carbocycles. The van der Waals surface area contributed by atoms with Gasteiger partial charge in [-0.2, -0.15) is 0 Å². The van der Waals surface area contributed by atoms with Crippen LogP contribution < -0.4 is 9.88 Å². The number of sulfonamides is 1. The minimum Gasteiger partial charge on any atom is -0.475 e. The highest BCUT2D eigenvalue weighted by Crippen LogP contribution is 2.21. The van der Waals surface area contributed by atoms with Crippen LogP contribution in [-0.4, -0.2) is 82.2 Å². The van der Waals surface area contributed by atoms with Crippen molar-refractivity contribution in [2.45, 2.75) is 11.0 Å². The van der Waals surface area contributed by atoms with Crippen molar-refractivity contribution in [3.05, 3.63) is 17.3 Å². The first-order valence-electron chi connectivity index (χ1n) is 7.53. The van der Waals surface area contributed by atoms with Crippen molar-refractivity contribution in [3.8, 4) is 5.88 Å². The first-order valence-corrected chi connectivity index (χ1v) is 9.45. The Kier molecular flexibility index (Phi) is 6.58. The molecule has 1 aromatic heterocycles. The molecule has 11 heteroatoms. The maximum atomic E-state index is 12.1. The van der Waals surface area contributed by atoms with Crippen molar-refractivity contribution in [2.24, 2.45) is 5.14 Å². The summed E-state index contributed by atoms with van der Waals surface area (Å²) in [5.41, 5.74) is 0. The van der Waals surface area contributed by atoms with Gasteiger partial charge in [0.05, 0.1) is 19.7 Å². The van der Waals surface area contributed by atoms with Gasteiger partial charge in [0, 0.05) is 12.6 Å². The SMILES string of the molecule is CN(C)CC(=O)N1CCO[C@@H](COc2ccc(S(N)(=O)=O)c(Cl)n2)C1. The molecule has 0 radical (unpaired) electrons. The molecule has 25 heavy (non-hydrogen) atoms. The van der Waals surface area contributed by atoms with Gasteiger partial charge in [-0.15, -0.1) is 0 Å². The summed E-state index contributed by atoms with van der Waals surface area (Å²) < 4.78 is 33.7. The fourth-order valence-electron chi connectivity index (χ4n) is 2.29. The van der Waals surface area contributed by atoms with Crippen LogP contribution in [0.15, 0.2) is 17.0 Å². The molecule has 1 atom stereocenters. The summed E-state index contributed by atoms with van der Waals surface area (Å²) in [7, 11) is -0.270. The van der Waals surface area contributed by atoms with E-state index < -0.39 is 10.0 Å². The van der Waals surface area contributed by atoms with Crippen LogP contribution in [0.2, 0.25) is 5.15 Å². The fourth-order valence-corrected chi connectivity index (χ4v) is 3.30. The molecule has 0 bridgehead atoms. The molecule has 0 spiro atoms. The molecule has 2 rings (SSSR count). The second-order valence-electron chi connectivity index (χ2n) is 5.86. The quantitative estimate of drug-likeness (QED) is 0.652. The fraction of sp³-hybridized carbons (Fsp3) is 0.571. The molecule has 2 N–H and O–H groups in total. The number of nitrogens with zero attached hydrogens (tertiary/aromatic N) is 3. The third kappa shape index (κ3) is 5.79. The van der Waals surface area contributed by atoms with E-state index in [1.807, 2.05) is 19.0 Å². The van der Waals surface area contributed by atoms with Gasteiger partial charge in [0.1, 0.15) is 17.6 Å². The number of ether oxygens (including phenoxy) is 2. The Hall–Kier alpha value is -1.46. The van der Waals surface area contributed by atoms with Crippen molar-refractivity contribution < 1.29 is 22.7 Å². The molecule has 9 nitrogen and oxygen atoms in total. The Labute approximate surface area is 151 Å². The van der Waals surface area contributed by atoms with E-state index in [2.05, 4.69) is 4.98 Å². The molecule has 1 aliphatic heterocycles. The van der Waals surface area contributed by atoms with Gasteiger partial charge in [0.25, 0.3) is 0 Å². The van der Waals surface area contributed by atoms with Crippen LogP contribution in [-0.2, 0) is 19.6 Å². The first-order chi connectivity index (χ1) is 11.7. The number of pyridine rings is 1. The number of carbonyl (C=O) groups is 1. The molecule has 1 amide bonds. The van der Waals surface area contributed by atoms with Crippen molar-refractivity contribution in [2.75, 3.05) is 46.9 Å². The number of halogens is 1. The number of aromatic nitrogens is 1. The van der Waals surface area contributed by atoms with Crippen molar-refractivity contribution in [3.63, 3.8) is 0 Å². The van der Waals surface area contributed by atoms with E-state index in [9.17, 15) is 13.2 Å². The number of likely N-dealkylation sites (N-methyl/N-ethyl adjacent to an activating group) is 1. The van der Waals surface area contributed by atoms with Crippen LogP contribution in [0.4, 0.5) is 0 Å². The lowest BCUT2D eigenvalue weighted by Crippen LogP contribution is -2.49. The Balaban J connectivity index is 1.93. The summed E-state index contributed by atoms with van der Waals surface area (Å²) in [6, 6.07) is 2.60. The number of carbonyl (C=O) groups excluding carboxylic acids is 1.